The molecule has 0 saturated heterocycles. The molecule has 3 heteroatoms. The number of aliphatic hydroxyl groups excluding tert-OH is 1. The first-order valence-corrected chi connectivity index (χ1v) is 5.00. The standard InChI is InChI=1S/C12H18N2O/c1-9(2)8-14(4)11-5-6-12(10(3)15)13-7-11/h5-7,10,15H,1,8H2,2-4H3. The van der Waals surface area contributed by atoms with Gasteiger partial charge in [-0.25, -0.2) is 0 Å². The van der Waals surface area contributed by atoms with Gasteiger partial charge in [0, 0.05) is 13.6 Å². The lowest BCUT2D eigenvalue weighted by molar-refractivity contribution is 0.194. The molecule has 15 heavy (non-hydrogen) atoms. The van der Waals surface area contributed by atoms with Crippen LogP contribution in [0.15, 0.2) is 30.5 Å². The zero-order valence-corrected chi connectivity index (χ0v) is 9.57. The van der Waals surface area contributed by atoms with Crippen molar-refractivity contribution in [3.8, 4) is 0 Å². The van der Waals surface area contributed by atoms with Crippen molar-refractivity contribution in [1.29, 1.82) is 0 Å². The van der Waals surface area contributed by atoms with Crippen molar-refractivity contribution in [2.24, 2.45) is 0 Å². The van der Waals surface area contributed by atoms with E-state index >= 15 is 0 Å². The van der Waals surface area contributed by atoms with Gasteiger partial charge in [0.15, 0.2) is 0 Å². The Morgan fingerprint density at radius 1 is 1.60 bits per heavy atom. The molecule has 1 aromatic heterocycles. The van der Waals surface area contributed by atoms with Crippen LogP contribution in [0.1, 0.15) is 25.6 Å². The van der Waals surface area contributed by atoms with Crippen molar-refractivity contribution in [3.63, 3.8) is 0 Å². The minimum Gasteiger partial charge on any atom is -0.387 e. The van der Waals surface area contributed by atoms with Crippen LogP contribution in [0, 0.1) is 0 Å². The molecule has 1 unspecified atom stereocenters. The first-order chi connectivity index (χ1) is 7.00. The van der Waals surface area contributed by atoms with E-state index in [0.29, 0.717) is 5.69 Å². The van der Waals surface area contributed by atoms with Gasteiger partial charge in [-0.05, 0) is 26.0 Å². The highest BCUT2D eigenvalue weighted by Gasteiger charge is 2.04. The summed E-state index contributed by atoms with van der Waals surface area (Å²) in [4.78, 5) is 6.26. The number of rotatable bonds is 4. The molecule has 0 aliphatic rings. The fourth-order valence-electron chi connectivity index (χ4n) is 1.37. The third-order valence-corrected chi connectivity index (χ3v) is 2.15. The van der Waals surface area contributed by atoms with Crippen molar-refractivity contribution in [2.75, 3.05) is 18.5 Å². The molecule has 82 valence electrons. The van der Waals surface area contributed by atoms with Crippen LogP contribution in [-0.4, -0.2) is 23.7 Å². The molecular weight excluding hydrogens is 188 g/mol. The molecule has 1 atom stereocenters. The molecule has 1 aromatic rings. The molecule has 0 radical (unpaired) electrons. The number of anilines is 1. The second-order valence-corrected chi connectivity index (χ2v) is 3.93. The van der Waals surface area contributed by atoms with Crippen molar-refractivity contribution in [1.82, 2.24) is 4.98 Å². The summed E-state index contributed by atoms with van der Waals surface area (Å²) < 4.78 is 0. The van der Waals surface area contributed by atoms with Crippen LogP contribution in [0.25, 0.3) is 0 Å². The summed E-state index contributed by atoms with van der Waals surface area (Å²) in [6.07, 6.45) is 1.26. The maximum absolute atomic E-state index is 9.31. The molecule has 3 nitrogen and oxygen atoms in total. The Morgan fingerprint density at radius 3 is 2.67 bits per heavy atom. The van der Waals surface area contributed by atoms with E-state index in [1.165, 1.54) is 0 Å². The van der Waals surface area contributed by atoms with Gasteiger partial charge >= 0.3 is 0 Å². The topological polar surface area (TPSA) is 36.4 Å². The molecule has 0 aliphatic carbocycles. The predicted molar refractivity (Wildman–Crippen MR) is 63.0 cm³/mol. The van der Waals surface area contributed by atoms with Gasteiger partial charge in [-0.2, -0.15) is 0 Å². The van der Waals surface area contributed by atoms with Gasteiger partial charge in [0.1, 0.15) is 0 Å². The van der Waals surface area contributed by atoms with E-state index in [0.717, 1.165) is 17.8 Å². The fraction of sp³-hybridized carbons (Fsp3) is 0.417. The first-order valence-electron chi connectivity index (χ1n) is 5.00. The Balaban J connectivity index is 2.75. The van der Waals surface area contributed by atoms with Gasteiger partial charge in [-0.1, -0.05) is 12.2 Å². The van der Waals surface area contributed by atoms with E-state index in [2.05, 4.69) is 16.5 Å². The van der Waals surface area contributed by atoms with Gasteiger partial charge < -0.3 is 10.0 Å². The van der Waals surface area contributed by atoms with Crippen molar-refractivity contribution in [3.05, 3.63) is 36.2 Å². The SMILES string of the molecule is C=C(C)CN(C)c1ccc(C(C)O)nc1. The molecule has 1 N–H and O–H groups in total. The highest BCUT2D eigenvalue weighted by atomic mass is 16.3. The second-order valence-electron chi connectivity index (χ2n) is 3.93. The summed E-state index contributed by atoms with van der Waals surface area (Å²) in [5, 5.41) is 9.31. The average molecular weight is 206 g/mol. The Kier molecular flexibility index (Phi) is 3.86. The molecule has 0 aliphatic heterocycles. The maximum atomic E-state index is 9.31. The summed E-state index contributed by atoms with van der Waals surface area (Å²) in [6.45, 7) is 8.38. The monoisotopic (exact) mass is 206 g/mol. The molecule has 0 amide bonds. The number of nitrogens with zero attached hydrogens (tertiary/aromatic N) is 2. The molecular formula is C12H18N2O. The molecule has 0 bridgehead atoms. The molecule has 0 saturated carbocycles. The normalized spacial score (nSPS) is 12.3. The van der Waals surface area contributed by atoms with E-state index in [4.69, 9.17) is 0 Å². The van der Waals surface area contributed by atoms with Gasteiger partial charge in [0.2, 0.25) is 0 Å². The molecule has 0 aromatic carbocycles. The highest BCUT2D eigenvalue weighted by Crippen LogP contribution is 2.15. The van der Waals surface area contributed by atoms with Gasteiger partial charge in [0.25, 0.3) is 0 Å². The zero-order chi connectivity index (χ0) is 11.4. The van der Waals surface area contributed by atoms with Gasteiger partial charge in [0.05, 0.1) is 23.7 Å². The minimum atomic E-state index is -0.509. The van der Waals surface area contributed by atoms with E-state index in [9.17, 15) is 5.11 Å². The van der Waals surface area contributed by atoms with Crippen LogP contribution < -0.4 is 4.90 Å². The number of aromatic nitrogens is 1. The van der Waals surface area contributed by atoms with Crippen molar-refractivity contribution >= 4 is 5.69 Å². The molecule has 0 fully saturated rings. The largest absolute Gasteiger partial charge is 0.387 e. The fourth-order valence-corrected chi connectivity index (χ4v) is 1.37. The first kappa shape index (κ1) is 11.7. The van der Waals surface area contributed by atoms with Crippen LogP contribution in [-0.2, 0) is 0 Å². The van der Waals surface area contributed by atoms with Crippen LogP contribution in [0.2, 0.25) is 0 Å². The van der Waals surface area contributed by atoms with Crippen LogP contribution in [0.3, 0.4) is 0 Å². The number of pyridine rings is 1. The Bertz CT molecular complexity index is 330. The maximum Gasteiger partial charge on any atom is 0.0931 e. The Hall–Kier alpha value is -1.35. The number of hydrogen-bond acceptors (Lipinski definition) is 3. The van der Waals surface area contributed by atoms with Crippen LogP contribution >= 0.6 is 0 Å². The van der Waals surface area contributed by atoms with Crippen LogP contribution in [0.5, 0.6) is 0 Å². The Morgan fingerprint density at radius 2 is 2.27 bits per heavy atom. The Labute approximate surface area is 91.1 Å². The van der Waals surface area contributed by atoms with E-state index in [-0.39, 0.29) is 0 Å². The predicted octanol–water partition coefficient (Wildman–Crippen LogP) is 2.15. The lowest BCUT2D eigenvalue weighted by atomic mass is 10.2. The third kappa shape index (κ3) is 3.36. The average Bonchev–Trinajstić information content (AvgIpc) is 2.17. The lowest BCUT2D eigenvalue weighted by Crippen LogP contribution is -2.19. The third-order valence-electron chi connectivity index (χ3n) is 2.15. The second kappa shape index (κ2) is 4.94. The summed E-state index contributed by atoms with van der Waals surface area (Å²) in [6, 6.07) is 3.80. The number of likely N-dealkylation sites (N-methyl/N-ethyl adjacent to an activating group) is 1. The van der Waals surface area contributed by atoms with Crippen LogP contribution in [0.4, 0.5) is 5.69 Å². The van der Waals surface area contributed by atoms with E-state index < -0.39 is 6.10 Å². The quantitative estimate of drug-likeness (QED) is 0.767. The number of hydrogen-bond donors (Lipinski definition) is 1. The summed E-state index contributed by atoms with van der Waals surface area (Å²) in [5.41, 5.74) is 2.84. The summed E-state index contributed by atoms with van der Waals surface area (Å²) >= 11 is 0. The number of aliphatic hydroxyl groups is 1. The van der Waals surface area contributed by atoms with Gasteiger partial charge in [-0.3, -0.25) is 4.98 Å². The smallest absolute Gasteiger partial charge is 0.0931 e. The van der Waals surface area contributed by atoms with E-state index in [1.54, 1.807) is 13.1 Å². The van der Waals surface area contributed by atoms with Gasteiger partial charge in [-0.15, -0.1) is 0 Å². The summed E-state index contributed by atoms with van der Waals surface area (Å²) in [5.74, 6) is 0. The summed E-state index contributed by atoms with van der Waals surface area (Å²) in [7, 11) is 1.99. The highest BCUT2D eigenvalue weighted by molar-refractivity contribution is 5.44. The minimum absolute atomic E-state index is 0.509. The molecule has 1 rings (SSSR count). The zero-order valence-electron chi connectivity index (χ0n) is 9.57. The molecule has 0 spiro atoms. The van der Waals surface area contributed by atoms with E-state index in [1.807, 2.05) is 26.1 Å². The molecule has 1 heterocycles. The van der Waals surface area contributed by atoms with Crippen molar-refractivity contribution in [2.45, 2.75) is 20.0 Å². The lowest BCUT2D eigenvalue weighted by Gasteiger charge is -2.19. The van der Waals surface area contributed by atoms with Crippen molar-refractivity contribution < 1.29 is 5.11 Å².